The van der Waals surface area contributed by atoms with Gasteiger partial charge in [0.05, 0.1) is 13.7 Å². The lowest BCUT2D eigenvalue weighted by Crippen LogP contribution is -2.29. The number of carbonyl (C=O) groups is 2. The Morgan fingerprint density at radius 2 is 2.11 bits per heavy atom. The Labute approximate surface area is 105 Å². The Hall–Kier alpha value is -1.88. The highest BCUT2D eigenvalue weighted by atomic mass is 16.6. The normalized spacial score (nSPS) is 21.2. The van der Waals surface area contributed by atoms with E-state index < -0.39 is 5.60 Å². The van der Waals surface area contributed by atoms with Gasteiger partial charge in [-0.25, -0.2) is 4.79 Å². The first-order chi connectivity index (χ1) is 8.57. The van der Waals surface area contributed by atoms with E-state index in [9.17, 15) is 9.59 Å². The number of methoxy groups -OCH3 is 1. The van der Waals surface area contributed by atoms with Crippen LogP contribution in [0, 0.1) is 0 Å². The van der Waals surface area contributed by atoms with Crippen LogP contribution < -0.4 is 5.32 Å². The summed E-state index contributed by atoms with van der Waals surface area (Å²) in [6.45, 7) is 1.80. The Morgan fingerprint density at radius 1 is 1.44 bits per heavy atom. The number of esters is 1. The highest BCUT2D eigenvalue weighted by Crippen LogP contribution is 2.34. The Morgan fingerprint density at radius 3 is 2.67 bits per heavy atom. The maximum absolute atomic E-state index is 11.6. The molecule has 0 aromatic heterocycles. The molecule has 1 aliphatic heterocycles. The lowest BCUT2D eigenvalue weighted by molar-refractivity contribution is -0.146. The lowest BCUT2D eigenvalue weighted by atomic mass is 9.98. The second-order valence-electron chi connectivity index (χ2n) is 4.29. The zero-order valence-electron chi connectivity index (χ0n) is 10.4. The van der Waals surface area contributed by atoms with Crippen molar-refractivity contribution in [1.82, 2.24) is 0 Å². The van der Waals surface area contributed by atoms with Crippen LogP contribution in [0.2, 0.25) is 0 Å². The molecule has 5 heteroatoms. The van der Waals surface area contributed by atoms with Crippen molar-refractivity contribution in [2.24, 2.45) is 0 Å². The molecular weight excluding hydrogens is 234 g/mol. The van der Waals surface area contributed by atoms with Crippen LogP contribution in [0.15, 0.2) is 24.3 Å². The van der Waals surface area contributed by atoms with Crippen molar-refractivity contribution >= 4 is 17.6 Å². The SMILES string of the molecule is COC(=O)C1(Cc2ccccc2NC(C)=O)CO1. The second-order valence-corrected chi connectivity index (χ2v) is 4.29. The summed E-state index contributed by atoms with van der Waals surface area (Å²) in [6.07, 6.45) is 0.399. The maximum Gasteiger partial charge on any atom is 0.340 e. The van der Waals surface area contributed by atoms with E-state index in [1.807, 2.05) is 18.2 Å². The van der Waals surface area contributed by atoms with Crippen LogP contribution in [-0.4, -0.2) is 31.2 Å². The van der Waals surface area contributed by atoms with Gasteiger partial charge >= 0.3 is 5.97 Å². The van der Waals surface area contributed by atoms with Crippen LogP contribution in [0.4, 0.5) is 5.69 Å². The van der Waals surface area contributed by atoms with E-state index in [4.69, 9.17) is 9.47 Å². The summed E-state index contributed by atoms with van der Waals surface area (Å²) in [7, 11) is 1.34. The van der Waals surface area contributed by atoms with Crippen molar-refractivity contribution in [2.45, 2.75) is 18.9 Å². The predicted molar refractivity (Wildman–Crippen MR) is 65.1 cm³/mol. The molecule has 1 aliphatic rings. The molecule has 0 radical (unpaired) electrons. The van der Waals surface area contributed by atoms with E-state index >= 15 is 0 Å². The van der Waals surface area contributed by atoms with E-state index in [0.29, 0.717) is 18.7 Å². The van der Waals surface area contributed by atoms with Gasteiger partial charge in [0.2, 0.25) is 5.91 Å². The number of hydrogen-bond acceptors (Lipinski definition) is 4. The fraction of sp³-hybridized carbons (Fsp3) is 0.385. The van der Waals surface area contributed by atoms with Gasteiger partial charge in [-0.15, -0.1) is 0 Å². The number of ether oxygens (including phenoxy) is 2. The van der Waals surface area contributed by atoms with E-state index in [1.54, 1.807) is 6.07 Å². The maximum atomic E-state index is 11.6. The average Bonchev–Trinajstić information content (AvgIpc) is 3.11. The quantitative estimate of drug-likeness (QED) is 0.641. The number of nitrogens with one attached hydrogen (secondary N) is 1. The monoisotopic (exact) mass is 249 g/mol. The molecular formula is C13H15NO4. The van der Waals surface area contributed by atoms with E-state index in [2.05, 4.69) is 5.32 Å². The third kappa shape index (κ3) is 2.51. The van der Waals surface area contributed by atoms with Gasteiger partial charge in [0, 0.05) is 19.0 Å². The third-order valence-corrected chi connectivity index (χ3v) is 2.85. The summed E-state index contributed by atoms with van der Waals surface area (Å²) >= 11 is 0. The minimum Gasteiger partial charge on any atom is -0.467 e. The fourth-order valence-electron chi connectivity index (χ4n) is 1.86. The molecule has 0 saturated carbocycles. The zero-order chi connectivity index (χ0) is 13.2. The molecule has 0 bridgehead atoms. The zero-order valence-corrected chi connectivity index (χ0v) is 10.4. The van der Waals surface area contributed by atoms with Gasteiger partial charge in [-0.1, -0.05) is 18.2 Å². The standard InChI is InChI=1S/C13H15NO4/c1-9(15)14-11-6-4-3-5-10(11)7-13(8-18-13)12(16)17-2/h3-6H,7-8H2,1-2H3,(H,14,15). The van der Waals surface area contributed by atoms with Gasteiger partial charge in [0.15, 0.2) is 5.60 Å². The van der Waals surface area contributed by atoms with Gasteiger partial charge in [-0.05, 0) is 11.6 Å². The van der Waals surface area contributed by atoms with E-state index in [0.717, 1.165) is 5.56 Å². The summed E-state index contributed by atoms with van der Waals surface area (Å²) in [4.78, 5) is 22.7. The van der Waals surface area contributed by atoms with Gasteiger partial charge in [0.1, 0.15) is 0 Å². The summed E-state index contributed by atoms with van der Waals surface area (Å²) in [5.74, 6) is -0.522. The molecule has 1 heterocycles. The summed E-state index contributed by atoms with van der Waals surface area (Å²) < 4.78 is 9.94. The first kappa shape index (κ1) is 12.6. The molecule has 1 atom stereocenters. The smallest absolute Gasteiger partial charge is 0.340 e. The Bertz CT molecular complexity index is 480. The van der Waals surface area contributed by atoms with Gasteiger partial charge in [0.25, 0.3) is 0 Å². The average molecular weight is 249 g/mol. The molecule has 1 aromatic rings. The van der Waals surface area contributed by atoms with Gasteiger partial charge in [-0.3, -0.25) is 4.79 Å². The number of epoxide rings is 1. The van der Waals surface area contributed by atoms with Crippen molar-refractivity contribution in [3.8, 4) is 0 Å². The molecule has 1 amide bonds. The Kier molecular flexibility index (Phi) is 3.34. The van der Waals surface area contributed by atoms with Crippen LogP contribution in [0.3, 0.4) is 0 Å². The summed E-state index contributed by atoms with van der Waals surface area (Å²) in [5, 5.41) is 2.73. The lowest BCUT2D eigenvalue weighted by Gasteiger charge is -2.13. The minimum atomic E-state index is -0.872. The van der Waals surface area contributed by atoms with E-state index in [-0.39, 0.29) is 11.9 Å². The summed E-state index contributed by atoms with van der Waals surface area (Å²) in [6, 6.07) is 7.34. The molecule has 5 nitrogen and oxygen atoms in total. The van der Waals surface area contributed by atoms with Crippen LogP contribution in [0.25, 0.3) is 0 Å². The van der Waals surface area contributed by atoms with Crippen molar-refractivity contribution in [1.29, 1.82) is 0 Å². The van der Waals surface area contributed by atoms with Crippen molar-refractivity contribution in [3.05, 3.63) is 29.8 Å². The number of benzene rings is 1. The van der Waals surface area contributed by atoms with Crippen LogP contribution in [-0.2, 0) is 25.5 Å². The fourth-order valence-corrected chi connectivity index (χ4v) is 1.86. The van der Waals surface area contributed by atoms with Gasteiger partial charge < -0.3 is 14.8 Å². The second kappa shape index (κ2) is 4.78. The number of hydrogen-bond donors (Lipinski definition) is 1. The number of anilines is 1. The highest BCUT2D eigenvalue weighted by Gasteiger charge is 2.53. The van der Waals surface area contributed by atoms with Crippen molar-refractivity contribution in [2.75, 3.05) is 19.0 Å². The van der Waals surface area contributed by atoms with Crippen LogP contribution in [0.5, 0.6) is 0 Å². The first-order valence-corrected chi connectivity index (χ1v) is 5.65. The van der Waals surface area contributed by atoms with Gasteiger partial charge in [-0.2, -0.15) is 0 Å². The van der Waals surface area contributed by atoms with E-state index in [1.165, 1.54) is 14.0 Å². The molecule has 96 valence electrons. The topological polar surface area (TPSA) is 67.9 Å². The molecule has 0 aliphatic carbocycles. The highest BCUT2D eigenvalue weighted by molar-refractivity contribution is 5.90. The van der Waals surface area contributed by atoms with Crippen molar-refractivity contribution in [3.63, 3.8) is 0 Å². The molecule has 1 fully saturated rings. The van der Waals surface area contributed by atoms with Crippen LogP contribution >= 0.6 is 0 Å². The third-order valence-electron chi connectivity index (χ3n) is 2.85. The number of carbonyl (C=O) groups excluding carboxylic acids is 2. The molecule has 18 heavy (non-hydrogen) atoms. The molecule has 0 spiro atoms. The summed E-state index contributed by atoms with van der Waals surface area (Å²) in [5.41, 5.74) is 0.683. The predicted octanol–water partition coefficient (Wildman–Crippen LogP) is 1.13. The Balaban J connectivity index is 2.19. The molecule has 1 saturated heterocycles. The molecule has 1 unspecified atom stereocenters. The number of rotatable bonds is 4. The minimum absolute atomic E-state index is 0.147. The number of para-hydroxylation sites is 1. The van der Waals surface area contributed by atoms with Crippen molar-refractivity contribution < 1.29 is 19.1 Å². The van der Waals surface area contributed by atoms with Crippen LogP contribution in [0.1, 0.15) is 12.5 Å². The first-order valence-electron chi connectivity index (χ1n) is 5.65. The molecule has 1 aromatic carbocycles. The largest absolute Gasteiger partial charge is 0.467 e. The number of amides is 1. The molecule has 2 rings (SSSR count). The molecule has 1 N–H and O–H groups in total.